The zero-order valence-corrected chi connectivity index (χ0v) is 16.1. The number of benzene rings is 2. The minimum atomic E-state index is -0.697. The van der Waals surface area contributed by atoms with Crippen molar-refractivity contribution in [1.82, 2.24) is 4.90 Å². The number of thiocarbonyl (C=S) groups is 1. The van der Waals surface area contributed by atoms with E-state index in [1.165, 1.54) is 6.26 Å². The van der Waals surface area contributed by atoms with E-state index in [1.54, 1.807) is 17.0 Å². The normalized spacial score (nSPS) is 23.2. The minimum Gasteiger partial charge on any atom is -0.467 e. The average molecular weight is 390 g/mol. The molecule has 6 heteroatoms. The summed E-state index contributed by atoms with van der Waals surface area (Å²) in [6.07, 6.45) is 2.09. The third kappa shape index (κ3) is 2.45. The maximum absolute atomic E-state index is 13.3. The molecule has 0 unspecified atom stereocenters. The molecule has 2 bridgehead atoms. The highest BCUT2D eigenvalue weighted by atomic mass is 32.1. The summed E-state index contributed by atoms with van der Waals surface area (Å²) in [7, 11) is 0. The Morgan fingerprint density at radius 2 is 1.82 bits per heavy atom. The molecule has 1 aromatic heterocycles. The van der Waals surface area contributed by atoms with Crippen molar-refractivity contribution in [2.24, 2.45) is 0 Å². The fourth-order valence-electron chi connectivity index (χ4n) is 4.11. The van der Waals surface area contributed by atoms with Gasteiger partial charge in [-0.05, 0) is 49.5 Å². The second-order valence-corrected chi connectivity index (χ2v) is 7.51. The van der Waals surface area contributed by atoms with E-state index < -0.39 is 5.72 Å². The van der Waals surface area contributed by atoms with E-state index in [9.17, 15) is 4.79 Å². The smallest absolute Gasteiger partial charge is 0.296 e. The number of hydrogen-bond donors (Lipinski definition) is 0. The Morgan fingerprint density at radius 3 is 2.57 bits per heavy atom. The Kier molecular flexibility index (Phi) is 3.77. The van der Waals surface area contributed by atoms with Crippen molar-refractivity contribution in [2.45, 2.75) is 25.1 Å². The number of fused-ring (bicyclic) bond motifs is 4. The third-order valence-electron chi connectivity index (χ3n) is 5.33. The van der Waals surface area contributed by atoms with Gasteiger partial charge in [-0.3, -0.25) is 14.6 Å². The predicted molar refractivity (Wildman–Crippen MR) is 109 cm³/mol. The standard InChI is InChI=1S/C22H18N2O3S/c1-22-14-17(16-10-5-6-11-18(16)27-22)23(20(25)19-12-7-13-26-19)21(28)24(22)15-8-3-2-4-9-15/h2-13,17H,14H2,1H3/t17-,22-/m0/s1. The second-order valence-electron chi connectivity index (χ2n) is 7.14. The van der Waals surface area contributed by atoms with Crippen LogP contribution in [0, 0.1) is 0 Å². The summed E-state index contributed by atoms with van der Waals surface area (Å²) >= 11 is 5.85. The van der Waals surface area contributed by atoms with Crippen LogP contribution in [0.4, 0.5) is 5.69 Å². The zero-order chi connectivity index (χ0) is 19.3. The van der Waals surface area contributed by atoms with E-state index >= 15 is 0 Å². The summed E-state index contributed by atoms with van der Waals surface area (Å²) in [6, 6.07) is 20.7. The van der Waals surface area contributed by atoms with Crippen LogP contribution in [-0.4, -0.2) is 21.6 Å². The first kappa shape index (κ1) is 17.0. The Labute approximate surface area is 168 Å². The van der Waals surface area contributed by atoms with Gasteiger partial charge in [-0.15, -0.1) is 0 Å². The summed E-state index contributed by atoms with van der Waals surface area (Å²) in [6.45, 7) is 2.02. The SMILES string of the molecule is C[C@@]12C[C@@H](c3ccccc3O1)N(C(=O)c1ccco1)C(=S)N2c1ccccc1. The maximum atomic E-state index is 13.3. The van der Waals surface area contributed by atoms with Crippen LogP contribution in [-0.2, 0) is 0 Å². The van der Waals surface area contributed by atoms with Gasteiger partial charge in [0.2, 0.25) is 0 Å². The lowest BCUT2D eigenvalue weighted by Crippen LogP contribution is -2.67. The van der Waals surface area contributed by atoms with Crippen molar-refractivity contribution in [2.75, 3.05) is 4.90 Å². The molecule has 0 aliphatic carbocycles. The monoisotopic (exact) mass is 390 g/mol. The highest BCUT2D eigenvalue weighted by Crippen LogP contribution is 2.49. The molecule has 0 saturated carbocycles. The van der Waals surface area contributed by atoms with Crippen LogP contribution in [0.3, 0.4) is 0 Å². The number of carbonyl (C=O) groups excluding carboxylic acids is 1. The van der Waals surface area contributed by atoms with Crippen molar-refractivity contribution in [3.8, 4) is 5.75 Å². The number of hydrogen-bond acceptors (Lipinski definition) is 4. The number of ether oxygens (including phenoxy) is 1. The van der Waals surface area contributed by atoms with Gasteiger partial charge in [-0.25, -0.2) is 0 Å². The van der Waals surface area contributed by atoms with Gasteiger partial charge >= 0.3 is 0 Å². The number of anilines is 1. The topological polar surface area (TPSA) is 45.9 Å². The largest absolute Gasteiger partial charge is 0.467 e. The van der Waals surface area contributed by atoms with Gasteiger partial charge in [0, 0.05) is 17.7 Å². The van der Waals surface area contributed by atoms with Crippen LogP contribution in [0.15, 0.2) is 77.4 Å². The van der Waals surface area contributed by atoms with Crippen LogP contribution in [0.1, 0.15) is 35.5 Å². The molecule has 0 spiro atoms. The molecule has 1 saturated heterocycles. The van der Waals surface area contributed by atoms with E-state index in [-0.39, 0.29) is 17.7 Å². The zero-order valence-electron chi connectivity index (χ0n) is 15.2. The first-order valence-electron chi connectivity index (χ1n) is 9.13. The molecule has 5 nitrogen and oxygen atoms in total. The molecule has 0 N–H and O–H groups in total. The van der Waals surface area contributed by atoms with Gasteiger partial charge in [-0.1, -0.05) is 36.4 Å². The summed E-state index contributed by atoms with van der Waals surface area (Å²) in [5, 5.41) is 0.404. The molecule has 2 aromatic carbocycles. The molecule has 3 aromatic rings. The van der Waals surface area contributed by atoms with Gasteiger partial charge in [0.25, 0.3) is 5.91 Å². The summed E-state index contributed by atoms with van der Waals surface area (Å²) in [4.78, 5) is 16.9. The van der Waals surface area contributed by atoms with Crippen LogP contribution < -0.4 is 9.64 Å². The van der Waals surface area contributed by atoms with Crippen molar-refractivity contribution < 1.29 is 13.9 Å². The van der Waals surface area contributed by atoms with Gasteiger partial charge in [-0.2, -0.15) is 0 Å². The molecule has 1 amide bonds. The maximum Gasteiger partial charge on any atom is 0.296 e. The van der Waals surface area contributed by atoms with Crippen molar-refractivity contribution in [1.29, 1.82) is 0 Å². The lowest BCUT2D eigenvalue weighted by molar-refractivity contribution is 0.0174. The number of furan rings is 1. The first-order chi connectivity index (χ1) is 13.6. The Morgan fingerprint density at radius 1 is 1.07 bits per heavy atom. The summed E-state index contributed by atoms with van der Waals surface area (Å²) in [5.74, 6) is 0.782. The molecule has 0 radical (unpaired) electrons. The molecule has 2 aliphatic heterocycles. The Balaban J connectivity index is 1.69. The average Bonchev–Trinajstić information content (AvgIpc) is 3.23. The van der Waals surface area contributed by atoms with Gasteiger partial charge in [0.1, 0.15) is 5.75 Å². The van der Waals surface area contributed by atoms with Gasteiger partial charge < -0.3 is 9.15 Å². The third-order valence-corrected chi connectivity index (χ3v) is 5.71. The minimum absolute atomic E-state index is 0.222. The fourth-order valence-corrected chi connectivity index (χ4v) is 4.62. The predicted octanol–water partition coefficient (Wildman–Crippen LogP) is 4.77. The van der Waals surface area contributed by atoms with E-state index in [1.807, 2.05) is 66.4 Å². The van der Waals surface area contributed by atoms with Crippen molar-refractivity contribution in [3.05, 3.63) is 84.3 Å². The molecule has 1 fully saturated rings. The molecular weight excluding hydrogens is 372 g/mol. The van der Waals surface area contributed by atoms with E-state index in [4.69, 9.17) is 21.4 Å². The highest BCUT2D eigenvalue weighted by Gasteiger charge is 2.53. The van der Waals surface area contributed by atoms with E-state index in [0.717, 1.165) is 17.0 Å². The summed E-state index contributed by atoms with van der Waals surface area (Å²) < 4.78 is 11.8. The molecule has 5 rings (SSSR count). The van der Waals surface area contributed by atoms with Crippen molar-refractivity contribution >= 4 is 28.9 Å². The second kappa shape index (κ2) is 6.21. The van der Waals surface area contributed by atoms with Crippen LogP contribution in [0.25, 0.3) is 0 Å². The van der Waals surface area contributed by atoms with Crippen LogP contribution in [0.5, 0.6) is 5.75 Å². The highest BCUT2D eigenvalue weighted by molar-refractivity contribution is 7.80. The molecule has 140 valence electrons. The Hall–Kier alpha value is -3.12. The van der Waals surface area contributed by atoms with E-state index in [0.29, 0.717) is 11.5 Å². The van der Waals surface area contributed by atoms with Crippen LogP contribution >= 0.6 is 12.2 Å². The molecule has 2 atom stereocenters. The lowest BCUT2D eigenvalue weighted by atomic mass is 9.88. The van der Waals surface area contributed by atoms with Crippen LogP contribution in [0.2, 0.25) is 0 Å². The quantitative estimate of drug-likeness (QED) is 0.590. The van der Waals surface area contributed by atoms with E-state index in [2.05, 4.69) is 0 Å². The number of para-hydroxylation sites is 2. The number of rotatable bonds is 2. The molecule has 28 heavy (non-hydrogen) atoms. The molecule has 2 aliphatic rings. The number of carbonyl (C=O) groups is 1. The molecular formula is C22H18N2O3S. The lowest BCUT2D eigenvalue weighted by Gasteiger charge is -2.55. The first-order valence-corrected chi connectivity index (χ1v) is 9.53. The Bertz CT molecular complexity index is 1050. The van der Waals surface area contributed by atoms with Crippen molar-refractivity contribution in [3.63, 3.8) is 0 Å². The number of amides is 1. The summed E-state index contributed by atoms with van der Waals surface area (Å²) in [5.41, 5.74) is 1.14. The van der Waals surface area contributed by atoms with Gasteiger partial charge in [0.15, 0.2) is 16.6 Å². The number of nitrogens with zero attached hydrogens (tertiary/aromatic N) is 2. The molecule has 3 heterocycles. The van der Waals surface area contributed by atoms with Gasteiger partial charge in [0.05, 0.1) is 12.3 Å². The fraction of sp³-hybridized carbons (Fsp3) is 0.182.